The fourth-order valence-electron chi connectivity index (χ4n) is 1.93. The van der Waals surface area contributed by atoms with Crippen LogP contribution in [0.25, 0.3) is 0 Å². The number of hydrogen-bond donors (Lipinski definition) is 1. The molecule has 0 atom stereocenters. The number of pyridine rings is 1. The van der Waals surface area contributed by atoms with Gasteiger partial charge < -0.3 is 10.0 Å². The van der Waals surface area contributed by atoms with Gasteiger partial charge in [0.2, 0.25) is 0 Å². The molecule has 0 amide bonds. The standard InChI is InChI=1S/C13H16ClN3O/c14-11-5-6-13(16-12(11)9-15)17(10-3-4-10)7-1-2-8-18/h5-6,10,18H,1-4,7-8H2. The number of anilines is 1. The van der Waals surface area contributed by atoms with Crippen molar-refractivity contribution in [3.63, 3.8) is 0 Å². The molecule has 5 heteroatoms. The molecule has 1 aromatic heterocycles. The van der Waals surface area contributed by atoms with E-state index in [1.807, 2.05) is 12.1 Å². The van der Waals surface area contributed by atoms with E-state index in [0.29, 0.717) is 11.1 Å². The summed E-state index contributed by atoms with van der Waals surface area (Å²) in [6.45, 7) is 1.08. The lowest BCUT2D eigenvalue weighted by Gasteiger charge is -2.23. The van der Waals surface area contributed by atoms with Gasteiger partial charge in [0.1, 0.15) is 11.9 Å². The second kappa shape index (κ2) is 6.03. The van der Waals surface area contributed by atoms with Crippen molar-refractivity contribution in [3.8, 4) is 6.07 Å². The third-order valence-electron chi connectivity index (χ3n) is 3.03. The number of nitriles is 1. The predicted octanol–water partition coefficient (Wildman–Crippen LogP) is 2.35. The second-order valence-corrected chi connectivity index (χ2v) is 4.87. The Morgan fingerprint density at radius 1 is 1.44 bits per heavy atom. The minimum absolute atomic E-state index is 0.218. The summed E-state index contributed by atoms with van der Waals surface area (Å²) in [7, 11) is 0. The number of rotatable bonds is 6. The molecule has 0 bridgehead atoms. The van der Waals surface area contributed by atoms with Crippen LogP contribution in [0.2, 0.25) is 5.02 Å². The minimum atomic E-state index is 0.218. The molecule has 96 valence electrons. The molecule has 1 saturated carbocycles. The van der Waals surface area contributed by atoms with Crippen molar-refractivity contribution in [2.45, 2.75) is 31.7 Å². The topological polar surface area (TPSA) is 60.2 Å². The molecule has 0 aliphatic heterocycles. The summed E-state index contributed by atoms with van der Waals surface area (Å²) in [5.74, 6) is 0.816. The maximum absolute atomic E-state index is 8.94. The number of halogens is 1. The van der Waals surface area contributed by atoms with Gasteiger partial charge >= 0.3 is 0 Å². The third kappa shape index (κ3) is 3.12. The Morgan fingerprint density at radius 2 is 2.22 bits per heavy atom. The molecule has 2 rings (SSSR count). The molecule has 1 aromatic rings. The number of nitrogens with zero attached hydrogens (tertiary/aromatic N) is 3. The summed E-state index contributed by atoms with van der Waals surface area (Å²) in [5.41, 5.74) is 0.280. The highest BCUT2D eigenvalue weighted by Gasteiger charge is 2.29. The zero-order valence-corrected chi connectivity index (χ0v) is 10.9. The SMILES string of the molecule is N#Cc1nc(N(CCCCO)C2CC2)ccc1Cl. The Kier molecular flexibility index (Phi) is 4.40. The molecule has 0 unspecified atom stereocenters. The fourth-order valence-corrected chi connectivity index (χ4v) is 2.08. The van der Waals surface area contributed by atoms with Gasteiger partial charge in [-0.3, -0.25) is 0 Å². The third-order valence-corrected chi connectivity index (χ3v) is 3.33. The van der Waals surface area contributed by atoms with E-state index >= 15 is 0 Å². The summed E-state index contributed by atoms with van der Waals surface area (Å²) < 4.78 is 0. The van der Waals surface area contributed by atoms with Crippen LogP contribution >= 0.6 is 11.6 Å². The molecule has 1 aliphatic carbocycles. The molecule has 4 nitrogen and oxygen atoms in total. The number of aliphatic hydroxyl groups excluding tert-OH is 1. The van der Waals surface area contributed by atoms with Crippen LogP contribution in [0, 0.1) is 11.3 Å². The van der Waals surface area contributed by atoms with E-state index in [-0.39, 0.29) is 12.3 Å². The van der Waals surface area contributed by atoms with Crippen molar-refractivity contribution < 1.29 is 5.11 Å². The first-order valence-corrected chi connectivity index (χ1v) is 6.58. The normalized spacial score (nSPS) is 14.3. The summed E-state index contributed by atoms with van der Waals surface area (Å²) in [6.07, 6.45) is 4.07. The molecule has 0 saturated heterocycles. The summed E-state index contributed by atoms with van der Waals surface area (Å²) in [4.78, 5) is 6.52. The van der Waals surface area contributed by atoms with E-state index in [1.54, 1.807) is 6.07 Å². The zero-order chi connectivity index (χ0) is 13.0. The maximum atomic E-state index is 8.94. The molecule has 0 spiro atoms. The van der Waals surface area contributed by atoms with Crippen LogP contribution in [-0.4, -0.2) is 29.3 Å². The van der Waals surface area contributed by atoms with Crippen molar-refractivity contribution in [1.82, 2.24) is 4.98 Å². The lowest BCUT2D eigenvalue weighted by atomic mass is 10.2. The van der Waals surface area contributed by atoms with Gasteiger partial charge in [-0.2, -0.15) is 5.26 Å². The van der Waals surface area contributed by atoms with Crippen molar-refractivity contribution in [3.05, 3.63) is 22.8 Å². The van der Waals surface area contributed by atoms with Gasteiger partial charge in [0, 0.05) is 19.2 Å². The van der Waals surface area contributed by atoms with E-state index < -0.39 is 0 Å². The van der Waals surface area contributed by atoms with Gasteiger partial charge in [0.15, 0.2) is 5.69 Å². The molecular formula is C13H16ClN3O. The van der Waals surface area contributed by atoms with E-state index in [2.05, 4.69) is 9.88 Å². The number of aliphatic hydroxyl groups is 1. The molecule has 18 heavy (non-hydrogen) atoms. The number of hydrogen-bond acceptors (Lipinski definition) is 4. The van der Waals surface area contributed by atoms with E-state index in [9.17, 15) is 0 Å². The van der Waals surface area contributed by atoms with Crippen LogP contribution in [0.5, 0.6) is 0 Å². The molecule has 0 aromatic carbocycles. The summed E-state index contributed by atoms with van der Waals surface area (Å²) in [6, 6.07) is 6.13. The van der Waals surface area contributed by atoms with Gasteiger partial charge in [-0.25, -0.2) is 4.98 Å². The Hall–Kier alpha value is -1.31. The van der Waals surface area contributed by atoms with E-state index in [1.165, 1.54) is 12.8 Å². The van der Waals surface area contributed by atoms with Crippen LogP contribution < -0.4 is 4.90 Å². The van der Waals surface area contributed by atoms with Crippen LogP contribution in [0.4, 0.5) is 5.82 Å². The monoisotopic (exact) mass is 265 g/mol. The average Bonchev–Trinajstić information content (AvgIpc) is 3.20. The Morgan fingerprint density at radius 3 is 2.83 bits per heavy atom. The lowest BCUT2D eigenvalue weighted by molar-refractivity contribution is 0.285. The van der Waals surface area contributed by atoms with Crippen molar-refractivity contribution in [1.29, 1.82) is 5.26 Å². The maximum Gasteiger partial charge on any atom is 0.161 e. The van der Waals surface area contributed by atoms with Gasteiger partial charge in [0.25, 0.3) is 0 Å². The quantitative estimate of drug-likeness (QED) is 0.802. The number of aromatic nitrogens is 1. The van der Waals surface area contributed by atoms with Gasteiger partial charge in [0.05, 0.1) is 5.02 Å². The van der Waals surface area contributed by atoms with Crippen LogP contribution in [-0.2, 0) is 0 Å². The molecule has 1 N–H and O–H groups in total. The highest BCUT2D eigenvalue weighted by Crippen LogP contribution is 2.31. The van der Waals surface area contributed by atoms with Crippen LogP contribution in [0.1, 0.15) is 31.4 Å². The Labute approximate surface area is 112 Å². The van der Waals surface area contributed by atoms with Crippen molar-refractivity contribution >= 4 is 17.4 Å². The largest absolute Gasteiger partial charge is 0.396 e. The van der Waals surface area contributed by atoms with Crippen molar-refractivity contribution in [2.75, 3.05) is 18.1 Å². The molecule has 0 radical (unpaired) electrons. The van der Waals surface area contributed by atoms with Crippen LogP contribution in [0.15, 0.2) is 12.1 Å². The lowest BCUT2D eigenvalue weighted by Crippen LogP contribution is -2.28. The predicted molar refractivity (Wildman–Crippen MR) is 70.6 cm³/mol. The zero-order valence-electron chi connectivity index (χ0n) is 10.1. The van der Waals surface area contributed by atoms with Crippen LogP contribution in [0.3, 0.4) is 0 Å². The Balaban J connectivity index is 2.12. The average molecular weight is 266 g/mol. The minimum Gasteiger partial charge on any atom is -0.396 e. The highest BCUT2D eigenvalue weighted by atomic mass is 35.5. The van der Waals surface area contributed by atoms with E-state index in [4.69, 9.17) is 22.0 Å². The first-order valence-electron chi connectivity index (χ1n) is 6.20. The molecule has 1 fully saturated rings. The first kappa shape index (κ1) is 13.1. The van der Waals surface area contributed by atoms with Gasteiger partial charge in [-0.05, 0) is 37.8 Å². The molecule has 1 aliphatic rings. The second-order valence-electron chi connectivity index (χ2n) is 4.47. The first-order chi connectivity index (χ1) is 8.76. The molecule has 1 heterocycles. The summed E-state index contributed by atoms with van der Waals surface area (Å²) in [5, 5.41) is 18.2. The molecular weight excluding hydrogens is 250 g/mol. The van der Waals surface area contributed by atoms with Gasteiger partial charge in [-0.1, -0.05) is 11.6 Å². The smallest absolute Gasteiger partial charge is 0.161 e. The highest BCUT2D eigenvalue weighted by molar-refractivity contribution is 6.31. The summed E-state index contributed by atoms with van der Waals surface area (Å²) >= 11 is 5.89. The number of unbranched alkanes of at least 4 members (excludes halogenated alkanes) is 1. The van der Waals surface area contributed by atoms with Crippen molar-refractivity contribution in [2.24, 2.45) is 0 Å². The fraction of sp³-hybridized carbons (Fsp3) is 0.538. The van der Waals surface area contributed by atoms with E-state index in [0.717, 1.165) is 25.2 Å². The Bertz CT molecular complexity index is 454. The van der Waals surface area contributed by atoms with Gasteiger partial charge in [-0.15, -0.1) is 0 Å².